The molecule has 2 aromatic carbocycles. The molecule has 0 radical (unpaired) electrons. The molecule has 3 rings (SSSR count). The molecule has 2 aromatic rings. The number of methoxy groups -OCH3 is 1. The Bertz CT molecular complexity index is 807. The number of carbonyl (C=O) groups excluding carboxylic acids is 1. The first-order valence-corrected chi connectivity index (χ1v) is 8.03. The van der Waals surface area contributed by atoms with Gasteiger partial charge in [0.05, 0.1) is 18.5 Å². The molecule has 24 heavy (non-hydrogen) atoms. The lowest BCUT2D eigenvalue weighted by molar-refractivity contribution is -0.125. The van der Waals surface area contributed by atoms with Crippen molar-refractivity contribution in [1.29, 1.82) is 0 Å². The fraction of sp³-hybridized carbons (Fsp3) is 0.176. The Hall–Kier alpha value is -2.54. The van der Waals surface area contributed by atoms with Crippen LogP contribution in [0.5, 0.6) is 11.5 Å². The summed E-state index contributed by atoms with van der Waals surface area (Å²) in [6, 6.07) is 12.2. The minimum Gasteiger partial charge on any atom is -0.506 e. The Morgan fingerprint density at radius 2 is 2.17 bits per heavy atom. The Balaban J connectivity index is 1.70. The molecule has 0 aromatic heterocycles. The lowest BCUT2D eigenvalue weighted by atomic mass is 10.0. The molecule has 2 N–H and O–H groups in total. The van der Waals surface area contributed by atoms with Gasteiger partial charge in [0.25, 0.3) is 5.91 Å². The molecular weight excluding hydrogens is 376 g/mol. The van der Waals surface area contributed by atoms with Crippen LogP contribution in [0.1, 0.15) is 12.0 Å². The summed E-state index contributed by atoms with van der Waals surface area (Å²) in [6.45, 7) is 0. The molecule has 1 atom stereocenters. The van der Waals surface area contributed by atoms with Crippen LogP contribution < -0.4 is 10.1 Å². The first-order chi connectivity index (χ1) is 11.6. The van der Waals surface area contributed by atoms with E-state index in [1.807, 2.05) is 24.3 Å². The van der Waals surface area contributed by atoms with E-state index in [4.69, 9.17) is 9.57 Å². The number of rotatable bonds is 4. The summed E-state index contributed by atoms with van der Waals surface area (Å²) in [5.74, 6) is 0.276. The third-order valence-electron chi connectivity index (χ3n) is 3.60. The van der Waals surface area contributed by atoms with Crippen LogP contribution in [-0.2, 0) is 9.63 Å². The third kappa shape index (κ3) is 3.35. The third-order valence-corrected chi connectivity index (χ3v) is 4.09. The molecular formula is C17H15BrN2O4. The van der Waals surface area contributed by atoms with Crippen molar-refractivity contribution in [3.63, 3.8) is 0 Å². The van der Waals surface area contributed by atoms with E-state index in [0.29, 0.717) is 23.6 Å². The van der Waals surface area contributed by atoms with Gasteiger partial charge < -0.3 is 20.0 Å². The zero-order valence-corrected chi connectivity index (χ0v) is 14.4. The van der Waals surface area contributed by atoms with Gasteiger partial charge >= 0.3 is 0 Å². The van der Waals surface area contributed by atoms with Crippen molar-refractivity contribution < 1.29 is 19.5 Å². The molecule has 0 saturated heterocycles. The first kappa shape index (κ1) is 16.3. The van der Waals surface area contributed by atoms with Crippen LogP contribution in [0, 0.1) is 0 Å². The van der Waals surface area contributed by atoms with Crippen molar-refractivity contribution in [3.05, 3.63) is 52.5 Å². The van der Waals surface area contributed by atoms with E-state index in [1.165, 1.54) is 6.07 Å². The molecule has 1 heterocycles. The van der Waals surface area contributed by atoms with Gasteiger partial charge in [-0.15, -0.1) is 0 Å². The lowest BCUT2D eigenvalue weighted by Gasteiger charge is -2.11. The van der Waals surface area contributed by atoms with Gasteiger partial charge in [0.1, 0.15) is 11.5 Å². The Morgan fingerprint density at radius 1 is 1.38 bits per heavy atom. The van der Waals surface area contributed by atoms with Gasteiger partial charge in [-0.25, -0.2) is 0 Å². The topological polar surface area (TPSA) is 80.2 Å². The zero-order chi connectivity index (χ0) is 17.1. The maximum atomic E-state index is 12.3. The van der Waals surface area contributed by atoms with Crippen LogP contribution in [0.4, 0.5) is 5.69 Å². The van der Waals surface area contributed by atoms with Gasteiger partial charge in [0.15, 0.2) is 0 Å². The fourth-order valence-electron chi connectivity index (χ4n) is 2.38. The minimum atomic E-state index is -0.761. The average molecular weight is 391 g/mol. The molecule has 0 fully saturated rings. The maximum absolute atomic E-state index is 12.3. The van der Waals surface area contributed by atoms with Crippen molar-refractivity contribution in [2.75, 3.05) is 12.4 Å². The van der Waals surface area contributed by atoms with Crippen LogP contribution >= 0.6 is 15.9 Å². The van der Waals surface area contributed by atoms with Crippen LogP contribution in [0.25, 0.3) is 0 Å². The van der Waals surface area contributed by atoms with E-state index in [0.717, 1.165) is 10.0 Å². The number of nitrogens with one attached hydrogen (secondary N) is 1. The van der Waals surface area contributed by atoms with Crippen LogP contribution in [-0.4, -0.2) is 29.9 Å². The Morgan fingerprint density at radius 3 is 2.96 bits per heavy atom. The Labute approximate surface area is 147 Å². The number of para-hydroxylation sites is 1. The molecule has 1 amide bonds. The lowest BCUT2D eigenvalue weighted by Crippen LogP contribution is -2.28. The molecule has 1 aliphatic rings. The fourth-order valence-corrected chi connectivity index (χ4v) is 2.74. The average Bonchev–Trinajstić information content (AvgIpc) is 3.08. The number of oxime groups is 1. The number of ether oxygens (including phenoxy) is 1. The van der Waals surface area contributed by atoms with E-state index in [1.54, 1.807) is 19.2 Å². The van der Waals surface area contributed by atoms with Gasteiger partial charge in [0.2, 0.25) is 6.10 Å². The van der Waals surface area contributed by atoms with Crippen molar-refractivity contribution >= 4 is 33.2 Å². The van der Waals surface area contributed by atoms with Gasteiger partial charge in [-0.05, 0) is 30.3 Å². The number of hydrogen-bond acceptors (Lipinski definition) is 5. The molecule has 0 unspecified atom stereocenters. The summed E-state index contributed by atoms with van der Waals surface area (Å²) in [5, 5.41) is 16.5. The van der Waals surface area contributed by atoms with E-state index in [9.17, 15) is 9.90 Å². The van der Waals surface area contributed by atoms with Crippen molar-refractivity contribution in [1.82, 2.24) is 0 Å². The number of carbonyl (C=O) groups is 1. The molecule has 6 nitrogen and oxygen atoms in total. The highest BCUT2D eigenvalue weighted by Gasteiger charge is 2.30. The SMILES string of the molecule is COc1ccccc1C1=NO[C@@H](C(=O)Nc2cc(Br)ccc2O)C1. The molecule has 0 saturated carbocycles. The summed E-state index contributed by atoms with van der Waals surface area (Å²) in [6.07, 6.45) is -0.440. The van der Waals surface area contributed by atoms with Crippen LogP contribution in [0.2, 0.25) is 0 Å². The second-order valence-corrected chi connectivity index (χ2v) is 6.10. The highest BCUT2D eigenvalue weighted by atomic mass is 79.9. The summed E-state index contributed by atoms with van der Waals surface area (Å²) in [5.41, 5.74) is 1.75. The highest BCUT2D eigenvalue weighted by Crippen LogP contribution is 2.29. The quantitative estimate of drug-likeness (QED) is 0.784. The molecule has 124 valence electrons. The van der Waals surface area contributed by atoms with Crippen LogP contribution in [0.3, 0.4) is 0 Å². The number of nitrogens with zero attached hydrogens (tertiary/aromatic N) is 1. The monoisotopic (exact) mass is 390 g/mol. The highest BCUT2D eigenvalue weighted by molar-refractivity contribution is 9.10. The molecule has 0 bridgehead atoms. The summed E-state index contributed by atoms with van der Waals surface area (Å²) in [7, 11) is 1.58. The second kappa shape index (κ2) is 6.92. The van der Waals surface area contributed by atoms with Gasteiger partial charge in [0, 0.05) is 16.5 Å². The van der Waals surface area contributed by atoms with Gasteiger partial charge in [-0.2, -0.15) is 0 Å². The number of phenols is 1. The summed E-state index contributed by atoms with van der Waals surface area (Å²) in [4.78, 5) is 17.6. The van der Waals surface area contributed by atoms with Crippen molar-refractivity contribution in [2.45, 2.75) is 12.5 Å². The largest absolute Gasteiger partial charge is 0.506 e. The number of amides is 1. The van der Waals surface area contributed by atoms with Crippen molar-refractivity contribution in [2.24, 2.45) is 5.16 Å². The maximum Gasteiger partial charge on any atom is 0.268 e. The predicted molar refractivity (Wildman–Crippen MR) is 93.5 cm³/mol. The standard InChI is InChI=1S/C17H15BrN2O4/c1-23-15-5-3-2-4-11(15)12-9-16(24-20-12)17(22)19-13-8-10(18)6-7-14(13)21/h2-8,16,21H,9H2,1H3,(H,19,22)/t16-/m1/s1. The summed E-state index contributed by atoms with van der Waals surface area (Å²) < 4.78 is 6.05. The summed E-state index contributed by atoms with van der Waals surface area (Å²) >= 11 is 3.30. The number of anilines is 1. The molecule has 1 aliphatic heterocycles. The van der Waals surface area contributed by atoms with E-state index in [2.05, 4.69) is 26.4 Å². The number of halogens is 1. The van der Waals surface area contributed by atoms with Crippen LogP contribution in [0.15, 0.2) is 52.1 Å². The smallest absolute Gasteiger partial charge is 0.268 e. The van der Waals surface area contributed by atoms with E-state index < -0.39 is 6.10 Å². The molecule has 7 heteroatoms. The van der Waals surface area contributed by atoms with E-state index >= 15 is 0 Å². The predicted octanol–water partition coefficient (Wildman–Crippen LogP) is 3.30. The second-order valence-electron chi connectivity index (χ2n) is 5.19. The van der Waals surface area contributed by atoms with Gasteiger partial charge in [-0.3, -0.25) is 4.79 Å². The normalized spacial score (nSPS) is 16.2. The minimum absolute atomic E-state index is 0.0181. The number of benzene rings is 2. The van der Waals surface area contributed by atoms with E-state index in [-0.39, 0.29) is 11.7 Å². The number of aromatic hydroxyl groups is 1. The molecule has 0 spiro atoms. The number of phenolic OH excluding ortho intramolecular Hbond substituents is 1. The first-order valence-electron chi connectivity index (χ1n) is 7.24. The number of hydrogen-bond donors (Lipinski definition) is 2. The molecule has 0 aliphatic carbocycles. The Kier molecular flexibility index (Phi) is 4.71. The van der Waals surface area contributed by atoms with Crippen molar-refractivity contribution in [3.8, 4) is 11.5 Å². The van der Waals surface area contributed by atoms with Gasteiger partial charge in [-0.1, -0.05) is 33.2 Å². The zero-order valence-electron chi connectivity index (χ0n) is 12.8.